The normalized spacial score (nSPS) is 10.7. The highest BCUT2D eigenvalue weighted by atomic mass is 127. The number of nitrogens with zero attached hydrogens (tertiary/aromatic N) is 1. The summed E-state index contributed by atoms with van der Waals surface area (Å²) in [6.07, 6.45) is 0. The SMILES string of the molecule is COc1ccc(NC(N)=NCc2cccc(COc3ccccc3)c2)cc1.I. The second-order valence-electron chi connectivity index (χ2n) is 5.98. The van der Waals surface area contributed by atoms with Gasteiger partial charge in [0.1, 0.15) is 18.1 Å². The second-order valence-corrected chi connectivity index (χ2v) is 5.98. The van der Waals surface area contributed by atoms with Gasteiger partial charge in [-0.25, -0.2) is 4.99 Å². The Morgan fingerprint density at radius 1 is 0.893 bits per heavy atom. The molecular weight excluding hydrogens is 465 g/mol. The Labute approximate surface area is 182 Å². The average Bonchev–Trinajstić information content (AvgIpc) is 2.72. The number of nitrogens with two attached hydrogens (primary N) is 1. The summed E-state index contributed by atoms with van der Waals surface area (Å²) in [7, 11) is 1.64. The Hall–Kier alpha value is -2.74. The molecule has 3 N–H and O–H groups in total. The molecule has 0 spiro atoms. The molecule has 0 aliphatic rings. The summed E-state index contributed by atoms with van der Waals surface area (Å²) in [6, 6.07) is 25.4. The molecule has 0 fully saturated rings. The van der Waals surface area contributed by atoms with Gasteiger partial charge in [-0.3, -0.25) is 0 Å². The van der Waals surface area contributed by atoms with E-state index in [4.69, 9.17) is 15.2 Å². The van der Waals surface area contributed by atoms with Gasteiger partial charge in [-0.05, 0) is 47.5 Å². The van der Waals surface area contributed by atoms with E-state index in [1.54, 1.807) is 7.11 Å². The lowest BCUT2D eigenvalue weighted by Gasteiger charge is -2.08. The molecule has 0 bridgehead atoms. The number of benzene rings is 3. The van der Waals surface area contributed by atoms with E-state index in [1.807, 2.05) is 72.8 Å². The third-order valence-corrected chi connectivity index (χ3v) is 3.93. The number of aliphatic imine (C=N–C) groups is 1. The van der Waals surface area contributed by atoms with E-state index >= 15 is 0 Å². The lowest BCUT2D eigenvalue weighted by molar-refractivity contribution is 0.306. The third kappa shape index (κ3) is 6.77. The van der Waals surface area contributed by atoms with Crippen molar-refractivity contribution in [2.75, 3.05) is 12.4 Å². The fraction of sp³-hybridized carbons (Fsp3) is 0.136. The molecule has 0 saturated carbocycles. The van der Waals surface area contributed by atoms with Gasteiger partial charge in [-0.15, -0.1) is 24.0 Å². The highest BCUT2D eigenvalue weighted by Gasteiger charge is 2.00. The number of para-hydroxylation sites is 1. The van der Waals surface area contributed by atoms with Gasteiger partial charge in [0.2, 0.25) is 0 Å². The first-order chi connectivity index (χ1) is 13.2. The van der Waals surface area contributed by atoms with Gasteiger partial charge in [-0.1, -0.05) is 42.5 Å². The van der Waals surface area contributed by atoms with E-state index < -0.39 is 0 Å². The minimum absolute atomic E-state index is 0. The largest absolute Gasteiger partial charge is 0.497 e. The van der Waals surface area contributed by atoms with E-state index in [2.05, 4.69) is 16.4 Å². The van der Waals surface area contributed by atoms with Crippen molar-refractivity contribution in [1.82, 2.24) is 0 Å². The third-order valence-electron chi connectivity index (χ3n) is 3.93. The molecule has 0 radical (unpaired) electrons. The van der Waals surface area contributed by atoms with Crippen LogP contribution in [0.25, 0.3) is 0 Å². The summed E-state index contributed by atoms with van der Waals surface area (Å²) in [5.74, 6) is 2.02. The molecule has 3 rings (SSSR count). The van der Waals surface area contributed by atoms with Crippen LogP contribution in [0.4, 0.5) is 5.69 Å². The molecule has 28 heavy (non-hydrogen) atoms. The van der Waals surface area contributed by atoms with Crippen molar-refractivity contribution in [1.29, 1.82) is 0 Å². The lowest BCUT2D eigenvalue weighted by Crippen LogP contribution is -2.22. The van der Waals surface area contributed by atoms with Gasteiger partial charge in [0.25, 0.3) is 0 Å². The van der Waals surface area contributed by atoms with Gasteiger partial charge < -0.3 is 20.5 Å². The molecule has 146 valence electrons. The quantitative estimate of drug-likeness (QED) is 0.284. The zero-order chi connectivity index (χ0) is 18.9. The predicted molar refractivity (Wildman–Crippen MR) is 125 cm³/mol. The number of anilines is 1. The van der Waals surface area contributed by atoms with Crippen molar-refractivity contribution in [2.24, 2.45) is 10.7 Å². The number of halogens is 1. The molecule has 0 amide bonds. The molecule has 0 unspecified atom stereocenters. The van der Waals surface area contributed by atoms with E-state index in [0.29, 0.717) is 19.1 Å². The van der Waals surface area contributed by atoms with Crippen molar-refractivity contribution in [2.45, 2.75) is 13.2 Å². The first-order valence-corrected chi connectivity index (χ1v) is 8.69. The first kappa shape index (κ1) is 21.6. The number of methoxy groups -OCH3 is 1. The molecule has 0 aliphatic carbocycles. The number of ether oxygens (including phenoxy) is 2. The molecule has 3 aromatic rings. The van der Waals surface area contributed by atoms with E-state index in [9.17, 15) is 0 Å². The van der Waals surface area contributed by atoms with Crippen LogP contribution in [0.15, 0.2) is 83.9 Å². The first-order valence-electron chi connectivity index (χ1n) is 8.69. The molecule has 0 aliphatic heterocycles. The molecule has 5 nitrogen and oxygen atoms in total. The Morgan fingerprint density at radius 2 is 1.61 bits per heavy atom. The number of nitrogens with one attached hydrogen (secondary N) is 1. The van der Waals surface area contributed by atoms with Crippen LogP contribution in [0, 0.1) is 0 Å². The molecule has 0 heterocycles. The summed E-state index contributed by atoms with van der Waals surface area (Å²) >= 11 is 0. The van der Waals surface area contributed by atoms with Gasteiger partial charge >= 0.3 is 0 Å². The Bertz CT molecular complexity index is 884. The summed E-state index contributed by atoms with van der Waals surface area (Å²) in [5.41, 5.74) is 9.01. The number of rotatable bonds is 7. The molecule has 3 aromatic carbocycles. The maximum Gasteiger partial charge on any atom is 0.193 e. The van der Waals surface area contributed by atoms with Crippen LogP contribution in [0.3, 0.4) is 0 Å². The summed E-state index contributed by atoms with van der Waals surface area (Å²) in [4.78, 5) is 4.40. The highest BCUT2D eigenvalue weighted by Crippen LogP contribution is 2.15. The van der Waals surface area contributed by atoms with E-state index in [-0.39, 0.29) is 24.0 Å². The zero-order valence-electron chi connectivity index (χ0n) is 15.7. The van der Waals surface area contributed by atoms with Crippen molar-refractivity contribution >= 4 is 35.6 Å². The van der Waals surface area contributed by atoms with Gasteiger partial charge in [0.15, 0.2) is 5.96 Å². The van der Waals surface area contributed by atoms with Crippen LogP contribution in [0.5, 0.6) is 11.5 Å². The van der Waals surface area contributed by atoms with Crippen LogP contribution in [0.2, 0.25) is 0 Å². The van der Waals surface area contributed by atoms with Crippen LogP contribution in [-0.2, 0) is 13.2 Å². The highest BCUT2D eigenvalue weighted by molar-refractivity contribution is 14.0. The maximum absolute atomic E-state index is 5.98. The molecule has 0 atom stereocenters. The van der Waals surface area contributed by atoms with Gasteiger partial charge in [0.05, 0.1) is 13.7 Å². The van der Waals surface area contributed by atoms with Crippen molar-refractivity contribution in [3.8, 4) is 11.5 Å². The van der Waals surface area contributed by atoms with Crippen molar-refractivity contribution < 1.29 is 9.47 Å². The lowest BCUT2D eigenvalue weighted by atomic mass is 10.1. The topological polar surface area (TPSA) is 68.9 Å². The zero-order valence-corrected chi connectivity index (χ0v) is 18.0. The number of hydrogen-bond donors (Lipinski definition) is 2. The van der Waals surface area contributed by atoms with Crippen molar-refractivity contribution in [3.05, 3.63) is 90.0 Å². The predicted octanol–water partition coefficient (Wildman–Crippen LogP) is 4.82. The molecule has 0 saturated heterocycles. The maximum atomic E-state index is 5.98. The minimum atomic E-state index is 0. The van der Waals surface area contributed by atoms with Crippen LogP contribution < -0.4 is 20.5 Å². The van der Waals surface area contributed by atoms with E-state index in [1.165, 1.54) is 0 Å². The summed E-state index contributed by atoms with van der Waals surface area (Å²) in [6.45, 7) is 1.01. The van der Waals surface area contributed by atoms with Crippen LogP contribution in [0.1, 0.15) is 11.1 Å². The van der Waals surface area contributed by atoms with E-state index in [0.717, 1.165) is 28.3 Å². The summed E-state index contributed by atoms with van der Waals surface area (Å²) in [5, 5.41) is 3.07. The standard InChI is InChI=1S/C22H23N3O2.HI/c1-26-20-12-10-19(11-13-20)25-22(23)24-15-17-6-5-7-18(14-17)16-27-21-8-3-2-4-9-21;/h2-14H,15-16H2,1H3,(H3,23,24,25);1H. The Morgan fingerprint density at radius 3 is 2.32 bits per heavy atom. The van der Waals surface area contributed by atoms with Gasteiger partial charge in [-0.2, -0.15) is 0 Å². The monoisotopic (exact) mass is 489 g/mol. The second kappa shape index (κ2) is 11.2. The Balaban J connectivity index is 0.00000280. The minimum Gasteiger partial charge on any atom is -0.497 e. The number of guanidine groups is 1. The molecule has 0 aromatic heterocycles. The van der Waals surface area contributed by atoms with Gasteiger partial charge in [0, 0.05) is 5.69 Å². The summed E-state index contributed by atoms with van der Waals surface area (Å²) < 4.78 is 10.9. The Kier molecular flexibility index (Phi) is 8.61. The average molecular weight is 489 g/mol. The molecule has 6 heteroatoms. The van der Waals surface area contributed by atoms with Crippen molar-refractivity contribution in [3.63, 3.8) is 0 Å². The fourth-order valence-electron chi connectivity index (χ4n) is 2.54. The number of hydrogen-bond acceptors (Lipinski definition) is 3. The smallest absolute Gasteiger partial charge is 0.193 e. The van der Waals surface area contributed by atoms with Crippen LogP contribution >= 0.6 is 24.0 Å². The van der Waals surface area contributed by atoms with Crippen LogP contribution in [-0.4, -0.2) is 13.1 Å². The fourth-order valence-corrected chi connectivity index (χ4v) is 2.54. The molecular formula is C22H24IN3O2.